The van der Waals surface area contributed by atoms with Gasteiger partial charge in [0.2, 0.25) is 0 Å². The summed E-state index contributed by atoms with van der Waals surface area (Å²) in [4.78, 5) is 14.4. The van der Waals surface area contributed by atoms with Gasteiger partial charge in [-0.1, -0.05) is 13.8 Å². The van der Waals surface area contributed by atoms with Gasteiger partial charge in [0.15, 0.2) is 5.78 Å². The largest absolute Gasteiger partial charge is 0.393 e. The molecular formula is C14H23NO2. The topological polar surface area (TPSA) is 40.5 Å². The predicted octanol–water partition coefficient (Wildman–Crippen LogP) is 1.76. The van der Waals surface area contributed by atoms with Gasteiger partial charge in [-0.2, -0.15) is 0 Å². The van der Waals surface area contributed by atoms with Crippen LogP contribution in [-0.2, 0) is 4.79 Å². The molecule has 0 aromatic heterocycles. The van der Waals surface area contributed by atoms with Crippen molar-refractivity contribution in [3.8, 4) is 0 Å². The Bertz CT molecular complexity index is 372. The lowest BCUT2D eigenvalue weighted by Gasteiger charge is -2.46. The Labute approximate surface area is 103 Å². The van der Waals surface area contributed by atoms with Crippen LogP contribution in [0.15, 0.2) is 11.1 Å². The molecule has 0 spiro atoms. The lowest BCUT2D eigenvalue weighted by Crippen LogP contribution is -2.51. The molecule has 2 rings (SSSR count). The maximum absolute atomic E-state index is 12.2. The van der Waals surface area contributed by atoms with Crippen LogP contribution in [0.4, 0.5) is 0 Å². The molecule has 0 amide bonds. The van der Waals surface area contributed by atoms with E-state index in [1.807, 2.05) is 6.92 Å². The molecule has 1 saturated carbocycles. The number of likely N-dealkylation sites (N-methyl/N-ethyl adjacent to an activating group) is 1. The third kappa shape index (κ3) is 1.67. The van der Waals surface area contributed by atoms with Crippen LogP contribution in [0.1, 0.15) is 39.5 Å². The first-order valence-corrected chi connectivity index (χ1v) is 6.56. The Kier molecular flexibility index (Phi) is 3.17. The molecule has 1 unspecified atom stereocenters. The molecule has 17 heavy (non-hydrogen) atoms. The summed E-state index contributed by atoms with van der Waals surface area (Å²) < 4.78 is 0. The Balaban J connectivity index is 2.54. The molecule has 3 heteroatoms. The Morgan fingerprint density at radius 2 is 2.12 bits per heavy atom. The molecule has 0 aliphatic heterocycles. The molecule has 0 bridgehead atoms. The third-order valence-corrected chi connectivity index (χ3v) is 4.71. The SMILES string of the molecule is CCC1=C2C(C)[C@H](O)CC[C@]2(N(C)C)CC1=O. The summed E-state index contributed by atoms with van der Waals surface area (Å²) in [5.41, 5.74) is 2.08. The fraction of sp³-hybridized carbons (Fsp3) is 0.786. The van der Waals surface area contributed by atoms with Crippen LogP contribution >= 0.6 is 0 Å². The first kappa shape index (κ1) is 12.8. The Morgan fingerprint density at radius 3 is 2.65 bits per heavy atom. The quantitative estimate of drug-likeness (QED) is 0.795. The zero-order chi connectivity index (χ0) is 12.8. The van der Waals surface area contributed by atoms with Gasteiger partial charge in [0.25, 0.3) is 0 Å². The van der Waals surface area contributed by atoms with Crippen molar-refractivity contribution < 1.29 is 9.90 Å². The number of aliphatic hydroxyl groups excluding tert-OH is 1. The summed E-state index contributed by atoms with van der Waals surface area (Å²) in [6.07, 6.45) is 2.81. The van der Waals surface area contributed by atoms with Crippen molar-refractivity contribution in [1.29, 1.82) is 0 Å². The van der Waals surface area contributed by atoms with E-state index in [1.54, 1.807) is 0 Å². The predicted molar refractivity (Wildman–Crippen MR) is 67.8 cm³/mol. The molecule has 0 radical (unpaired) electrons. The molecule has 1 fully saturated rings. The number of carbonyl (C=O) groups excluding carboxylic acids is 1. The van der Waals surface area contributed by atoms with E-state index in [0.717, 1.165) is 24.8 Å². The number of allylic oxidation sites excluding steroid dienone is 1. The summed E-state index contributed by atoms with van der Waals surface area (Å²) in [7, 11) is 4.10. The summed E-state index contributed by atoms with van der Waals surface area (Å²) in [6.45, 7) is 4.10. The molecule has 0 aromatic carbocycles. The summed E-state index contributed by atoms with van der Waals surface area (Å²) >= 11 is 0. The molecule has 96 valence electrons. The van der Waals surface area contributed by atoms with Crippen molar-refractivity contribution in [2.24, 2.45) is 5.92 Å². The van der Waals surface area contributed by atoms with Crippen molar-refractivity contribution >= 4 is 5.78 Å². The molecule has 2 aliphatic rings. The van der Waals surface area contributed by atoms with Crippen molar-refractivity contribution in [2.45, 2.75) is 51.2 Å². The molecule has 3 nitrogen and oxygen atoms in total. The minimum Gasteiger partial charge on any atom is -0.393 e. The maximum Gasteiger partial charge on any atom is 0.161 e. The highest BCUT2D eigenvalue weighted by Gasteiger charge is 2.51. The molecule has 0 aromatic rings. The summed E-state index contributed by atoms with van der Waals surface area (Å²) in [5.74, 6) is 0.407. The van der Waals surface area contributed by atoms with Crippen LogP contribution in [-0.4, -0.2) is 41.5 Å². The molecular weight excluding hydrogens is 214 g/mol. The third-order valence-electron chi connectivity index (χ3n) is 4.71. The number of fused-ring (bicyclic) bond motifs is 1. The Hall–Kier alpha value is -0.670. The van der Waals surface area contributed by atoms with E-state index in [2.05, 4.69) is 25.9 Å². The number of rotatable bonds is 2. The van der Waals surface area contributed by atoms with Gasteiger partial charge in [0.05, 0.1) is 6.10 Å². The van der Waals surface area contributed by atoms with E-state index < -0.39 is 0 Å². The number of carbonyl (C=O) groups is 1. The number of aliphatic hydroxyl groups is 1. The zero-order valence-corrected chi connectivity index (χ0v) is 11.3. The summed E-state index contributed by atoms with van der Waals surface area (Å²) in [5, 5.41) is 10.1. The van der Waals surface area contributed by atoms with Crippen molar-refractivity contribution in [1.82, 2.24) is 4.90 Å². The maximum atomic E-state index is 12.2. The second kappa shape index (κ2) is 4.21. The van der Waals surface area contributed by atoms with Crippen molar-refractivity contribution in [2.75, 3.05) is 14.1 Å². The van der Waals surface area contributed by atoms with E-state index in [0.29, 0.717) is 6.42 Å². The smallest absolute Gasteiger partial charge is 0.161 e. The van der Waals surface area contributed by atoms with Crippen LogP contribution in [0.5, 0.6) is 0 Å². The van der Waals surface area contributed by atoms with Crippen LogP contribution in [0, 0.1) is 5.92 Å². The van der Waals surface area contributed by atoms with Crippen LogP contribution in [0.2, 0.25) is 0 Å². The first-order chi connectivity index (χ1) is 7.94. The van der Waals surface area contributed by atoms with E-state index in [-0.39, 0.29) is 23.3 Å². The number of nitrogens with zero attached hydrogens (tertiary/aromatic N) is 1. The second-order valence-corrected chi connectivity index (χ2v) is 5.67. The fourth-order valence-corrected chi connectivity index (χ4v) is 3.66. The van der Waals surface area contributed by atoms with Crippen molar-refractivity contribution in [3.63, 3.8) is 0 Å². The van der Waals surface area contributed by atoms with Gasteiger partial charge >= 0.3 is 0 Å². The van der Waals surface area contributed by atoms with E-state index >= 15 is 0 Å². The van der Waals surface area contributed by atoms with Gasteiger partial charge in [-0.15, -0.1) is 0 Å². The van der Waals surface area contributed by atoms with E-state index in [4.69, 9.17) is 0 Å². The molecule has 0 saturated heterocycles. The van der Waals surface area contributed by atoms with Gasteiger partial charge in [-0.3, -0.25) is 9.69 Å². The van der Waals surface area contributed by atoms with E-state index in [1.165, 1.54) is 5.57 Å². The fourth-order valence-electron chi connectivity index (χ4n) is 3.66. The van der Waals surface area contributed by atoms with Crippen molar-refractivity contribution in [3.05, 3.63) is 11.1 Å². The average Bonchev–Trinajstić information content (AvgIpc) is 2.58. The van der Waals surface area contributed by atoms with Crippen LogP contribution in [0.25, 0.3) is 0 Å². The molecule has 3 atom stereocenters. The first-order valence-electron chi connectivity index (χ1n) is 6.56. The standard InChI is InChI=1S/C14H23NO2/c1-5-10-12(17)8-14(15(3)4)7-6-11(16)9(2)13(10)14/h9,11,16H,5-8H2,1-4H3/t9?,11-,14+/m1/s1. The van der Waals surface area contributed by atoms with Gasteiger partial charge in [0, 0.05) is 17.9 Å². The Morgan fingerprint density at radius 1 is 1.47 bits per heavy atom. The minimum atomic E-state index is -0.287. The number of Topliss-reactive ketones (excluding diaryl/α,β-unsaturated/α-hetero) is 1. The van der Waals surface area contributed by atoms with Gasteiger partial charge in [-0.25, -0.2) is 0 Å². The zero-order valence-electron chi connectivity index (χ0n) is 11.3. The highest BCUT2D eigenvalue weighted by Crippen LogP contribution is 2.49. The minimum absolute atomic E-state index is 0.110. The monoisotopic (exact) mass is 237 g/mol. The summed E-state index contributed by atoms with van der Waals surface area (Å²) in [6, 6.07) is 0. The number of hydrogen-bond acceptors (Lipinski definition) is 3. The molecule has 1 N–H and O–H groups in total. The molecule has 2 aliphatic carbocycles. The molecule has 0 heterocycles. The number of ketones is 1. The van der Waals surface area contributed by atoms with Gasteiger partial charge in [0.1, 0.15) is 0 Å². The number of hydrogen-bond donors (Lipinski definition) is 1. The average molecular weight is 237 g/mol. The van der Waals surface area contributed by atoms with E-state index in [9.17, 15) is 9.90 Å². The van der Waals surface area contributed by atoms with Crippen LogP contribution < -0.4 is 0 Å². The van der Waals surface area contributed by atoms with Crippen LogP contribution in [0.3, 0.4) is 0 Å². The highest BCUT2D eigenvalue weighted by molar-refractivity contribution is 6.01. The van der Waals surface area contributed by atoms with Gasteiger partial charge < -0.3 is 5.11 Å². The highest BCUT2D eigenvalue weighted by atomic mass is 16.3. The van der Waals surface area contributed by atoms with Gasteiger partial charge in [-0.05, 0) is 44.5 Å². The normalized spacial score (nSPS) is 37.9. The lowest BCUT2D eigenvalue weighted by atomic mass is 9.70. The second-order valence-electron chi connectivity index (χ2n) is 5.67. The lowest BCUT2D eigenvalue weighted by molar-refractivity contribution is -0.116.